The minimum Gasteiger partial charge on any atom is -0.0726 e. The Balaban J connectivity index is 2.17. The third-order valence-corrected chi connectivity index (χ3v) is 3.21. The van der Waals surface area contributed by atoms with Crippen LogP contribution in [0.5, 0.6) is 0 Å². The first-order chi connectivity index (χ1) is 7.84. The predicted molar refractivity (Wildman–Crippen MR) is 64.4 cm³/mol. The Morgan fingerprint density at radius 3 is 2.93 bits per heavy atom. The molecular weight excluding hydrogens is 180 g/mol. The number of rotatable bonds is 0. The van der Waals surface area contributed by atoms with Gasteiger partial charge in [0.2, 0.25) is 0 Å². The normalized spacial score (nSPS) is 21.7. The number of allylic oxidation sites excluding steroid dienone is 3. The van der Waals surface area contributed by atoms with Crippen LogP contribution in [0.15, 0.2) is 48.5 Å². The van der Waals surface area contributed by atoms with Gasteiger partial charge in [-0.1, -0.05) is 42.5 Å². The Morgan fingerprint density at radius 2 is 2.00 bits per heavy atom. The highest BCUT2D eigenvalue weighted by Gasteiger charge is 2.28. The molecule has 2 aliphatic rings. The fraction of sp³-hybridized carbons (Fsp3) is 0.0667. The molecule has 0 fully saturated rings. The van der Waals surface area contributed by atoms with Crippen molar-refractivity contribution in [3.8, 4) is 0 Å². The smallest absolute Gasteiger partial charge is 0.0636 e. The molecule has 0 bridgehead atoms. The summed E-state index contributed by atoms with van der Waals surface area (Å²) >= 11 is 0. The van der Waals surface area contributed by atoms with Gasteiger partial charge in [-0.2, -0.15) is 0 Å². The second kappa shape index (κ2) is 2.40. The van der Waals surface area contributed by atoms with Crippen LogP contribution in [-0.2, 0) is 0 Å². The number of hydrogen-bond acceptors (Lipinski definition) is 0. The predicted octanol–water partition coefficient (Wildman–Crippen LogP) is 3.88. The number of benzene rings is 2. The monoisotopic (exact) mass is 191 g/mol. The highest BCUT2D eigenvalue weighted by molar-refractivity contribution is 5.97. The maximum Gasteiger partial charge on any atom is 0.0636 e. The standard InChI is InChI=1S/C15H10/c1-2-4-11-8-14-12(7-10(11)3-1)5-6-13-9-15(13)14/h1-9,13H/i7D. The van der Waals surface area contributed by atoms with Gasteiger partial charge in [0.25, 0.3) is 0 Å². The molecule has 1 unspecified atom stereocenters. The zero-order chi connectivity index (χ0) is 10.7. The number of hydrogen-bond donors (Lipinski definition) is 0. The van der Waals surface area contributed by atoms with Gasteiger partial charge in [-0.05, 0) is 39.6 Å². The van der Waals surface area contributed by atoms with Crippen molar-refractivity contribution in [1.29, 1.82) is 0 Å². The largest absolute Gasteiger partial charge is 0.0726 e. The van der Waals surface area contributed by atoms with Crippen LogP contribution in [0.25, 0.3) is 22.4 Å². The Bertz CT molecular complexity index is 677. The molecule has 0 amide bonds. The summed E-state index contributed by atoms with van der Waals surface area (Å²) < 4.78 is 8.25. The highest BCUT2D eigenvalue weighted by atomic mass is 14.3. The van der Waals surface area contributed by atoms with E-state index in [0.717, 1.165) is 10.9 Å². The SMILES string of the molecule is [2H]c1c2c(cc3ccccc13)C1=CC1C=C2. The van der Waals surface area contributed by atoms with E-state index in [1.807, 2.05) is 18.2 Å². The van der Waals surface area contributed by atoms with Gasteiger partial charge in [-0.3, -0.25) is 0 Å². The van der Waals surface area contributed by atoms with Gasteiger partial charge < -0.3 is 0 Å². The maximum atomic E-state index is 8.25. The van der Waals surface area contributed by atoms with Crippen LogP contribution in [0.3, 0.4) is 0 Å². The van der Waals surface area contributed by atoms with Crippen molar-refractivity contribution in [2.75, 3.05) is 0 Å². The Hall–Kier alpha value is -1.82. The zero-order valence-corrected chi connectivity index (χ0v) is 8.20. The first-order valence-corrected chi connectivity index (χ1v) is 5.27. The molecule has 0 spiro atoms. The van der Waals surface area contributed by atoms with E-state index < -0.39 is 0 Å². The van der Waals surface area contributed by atoms with Crippen LogP contribution in [0.4, 0.5) is 0 Å². The Morgan fingerprint density at radius 1 is 1.13 bits per heavy atom. The van der Waals surface area contributed by atoms with Gasteiger partial charge in [0, 0.05) is 5.92 Å². The molecule has 2 aromatic rings. The average Bonchev–Trinajstić information content (AvgIpc) is 3.09. The topological polar surface area (TPSA) is 0 Å². The minimum absolute atomic E-state index is 0.549. The van der Waals surface area contributed by atoms with Crippen molar-refractivity contribution in [2.45, 2.75) is 0 Å². The van der Waals surface area contributed by atoms with Crippen molar-refractivity contribution in [3.63, 3.8) is 0 Å². The van der Waals surface area contributed by atoms with Gasteiger partial charge in [0.05, 0.1) is 1.37 Å². The quantitative estimate of drug-likeness (QED) is 0.592. The van der Waals surface area contributed by atoms with E-state index in [1.54, 1.807) is 0 Å². The van der Waals surface area contributed by atoms with E-state index in [9.17, 15) is 0 Å². The van der Waals surface area contributed by atoms with E-state index in [1.165, 1.54) is 16.5 Å². The first kappa shape index (κ1) is 6.62. The van der Waals surface area contributed by atoms with Gasteiger partial charge >= 0.3 is 0 Å². The summed E-state index contributed by atoms with van der Waals surface area (Å²) in [6.45, 7) is 0. The molecule has 0 saturated heterocycles. The van der Waals surface area contributed by atoms with E-state index in [-0.39, 0.29) is 0 Å². The average molecular weight is 191 g/mol. The Labute approximate surface area is 90.0 Å². The molecule has 0 aliphatic heterocycles. The van der Waals surface area contributed by atoms with Crippen LogP contribution in [0.2, 0.25) is 0 Å². The highest BCUT2D eigenvalue weighted by Crippen LogP contribution is 2.45. The summed E-state index contributed by atoms with van der Waals surface area (Å²) in [7, 11) is 0. The maximum absolute atomic E-state index is 8.25. The molecule has 0 heterocycles. The fourth-order valence-electron chi connectivity index (χ4n) is 2.33. The van der Waals surface area contributed by atoms with Crippen LogP contribution < -0.4 is 0 Å². The lowest BCUT2D eigenvalue weighted by Crippen LogP contribution is -1.90. The molecule has 0 radical (unpaired) electrons. The molecule has 0 heteroatoms. The molecular formula is C15H10. The second-order valence-corrected chi connectivity index (χ2v) is 4.19. The van der Waals surface area contributed by atoms with Gasteiger partial charge in [-0.15, -0.1) is 0 Å². The van der Waals surface area contributed by atoms with Crippen LogP contribution >= 0.6 is 0 Å². The lowest BCUT2D eigenvalue weighted by atomic mass is 9.94. The lowest BCUT2D eigenvalue weighted by molar-refractivity contribution is 1.25. The zero-order valence-electron chi connectivity index (χ0n) is 9.20. The van der Waals surface area contributed by atoms with Crippen molar-refractivity contribution in [2.24, 2.45) is 5.92 Å². The summed E-state index contributed by atoms with van der Waals surface area (Å²) in [5.74, 6) is 0.549. The van der Waals surface area contributed by atoms with Crippen LogP contribution in [0, 0.1) is 5.92 Å². The van der Waals surface area contributed by atoms with E-state index in [2.05, 4.69) is 30.4 Å². The fourth-order valence-corrected chi connectivity index (χ4v) is 2.33. The van der Waals surface area contributed by atoms with E-state index in [4.69, 9.17) is 1.37 Å². The van der Waals surface area contributed by atoms with Crippen LogP contribution in [-0.4, -0.2) is 0 Å². The summed E-state index contributed by atoms with van der Waals surface area (Å²) in [6.07, 6.45) is 6.54. The molecule has 15 heavy (non-hydrogen) atoms. The lowest BCUT2D eigenvalue weighted by Gasteiger charge is -2.10. The molecule has 0 aromatic heterocycles. The van der Waals surface area contributed by atoms with Crippen LogP contribution in [0.1, 0.15) is 12.5 Å². The molecule has 1 atom stereocenters. The molecule has 0 saturated carbocycles. The molecule has 2 aliphatic carbocycles. The summed E-state index contributed by atoms with van der Waals surface area (Å²) in [5.41, 5.74) is 3.74. The van der Waals surface area contributed by atoms with Crippen molar-refractivity contribution >= 4 is 22.4 Å². The minimum atomic E-state index is 0.549. The summed E-state index contributed by atoms with van der Waals surface area (Å²) in [5, 5.41) is 2.22. The third kappa shape index (κ3) is 0.964. The second-order valence-electron chi connectivity index (χ2n) is 4.19. The van der Waals surface area contributed by atoms with Crippen molar-refractivity contribution in [1.82, 2.24) is 0 Å². The van der Waals surface area contributed by atoms with Gasteiger partial charge in [0.15, 0.2) is 0 Å². The van der Waals surface area contributed by atoms with Gasteiger partial charge in [-0.25, -0.2) is 0 Å². The van der Waals surface area contributed by atoms with Gasteiger partial charge in [0.1, 0.15) is 0 Å². The molecule has 70 valence electrons. The molecule has 0 N–H and O–H groups in total. The van der Waals surface area contributed by atoms with E-state index >= 15 is 0 Å². The summed E-state index contributed by atoms with van der Waals surface area (Å²) in [6, 6.07) is 11.0. The molecule has 2 aromatic carbocycles. The number of fused-ring (bicyclic) bond motifs is 4. The molecule has 0 nitrogen and oxygen atoms in total. The van der Waals surface area contributed by atoms with Crippen molar-refractivity contribution in [3.05, 3.63) is 59.7 Å². The first-order valence-electron chi connectivity index (χ1n) is 5.77. The van der Waals surface area contributed by atoms with E-state index in [0.29, 0.717) is 12.0 Å². The third-order valence-electron chi connectivity index (χ3n) is 3.21. The molecule has 4 rings (SSSR count). The van der Waals surface area contributed by atoms with Crippen molar-refractivity contribution < 1.29 is 1.37 Å². The summed E-state index contributed by atoms with van der Waals surface area (Å²) in [4.78, 5) is 0. The Kier molecular flexibility index (Phi) is 1.06.